The molecule has 1 aromatic carbocycles. The van der Waals surface area contributed by atoms with Gasteiger partial charge in [-0.3, -0.25) is 14.4 Å². The SMILES string of the molecule is CCNC(=O)COc1ccc(NC(=O)CCNC(=O)C23CC4CC(CC(C4)C2)C3)cc1. The number of rotatable bonds is 9. The van der Waals surface area contributed by atoms with E-state index < -0.39 is 0 Å². The Hall–Kier alpha value is -2.57. The van der Waals surface area contributed by atoms with E-state index in [0.717, 1.165) is 37.0 Å². The zero-order chi connectivity index (χ0) is 21.8. The number of carbonyl (C=O) groups excluding carboxylic acids is 3. The van der Waals surface area contributed by atoms with Gasteiger partial charge < -0.3 is 20.7 Å². The van der Waals surface area contributed by atoms with Gasteiger partial charge in [-0.2, -0.15) is 0 Å². The summed E-state index contributed by atoms with van der Waals surface area (Å²) >= 11 is 0. The minimum absolute atomic E-state index is 0.0387. The number of likely N-dealkylation sites (N-methyl/N-ethyl adjacent to an activating group) is 1. The molecule has 31 heavy (non-hydrogen) atoms. The van der Waals surface area contributed by atoms with Crippen LogP contribution in [0.15, 0.2) is 24.3 Å². The highest BCUT2D eigenvalue weighted by Crippen LogP contribution is 2.60. The molecule has 0 heterocycles. The minimum Gasteiger partial charge on any atom is -0.484 e. The molecule has 4 aliphatic carbocycles. The fourth-order valence-corrected chi connectivity index (χ4v) is 6.12. The number of hydrogen-bond acceptors (Lipinski definition) is 4. The van der Waals surface area contributed by atoms with Gasteiger partial charge in [0.05, 0.1) is 0 Å². The first-order valence-electron chi connectivity index (χ1n) is 11.5. The lowest BCUT2D eigenvalue weighted by Crippen LogP contribution is -2.53. The van der Waals surface area contributed by atoms with E-state index in [2.05, 4.69) is 16.0 Å². The molecule has 168 valence electrons. The number of ether oxygens (including phenoxy) is 1. The quantitative estimate of drug-likeness (QED) is 0.565. The zero-order valence-electron chi connectivity index (χ0n) is 18.2. The van der Waals surface area contributed by atoms with Crippen LogP contribution in [0.5, 0.6) is 5.75 Å². The molecule has 0 spiro atoms. The van der Waals surface area contributed by atoms with Crippen molar-refractivity contribution in [1.29, 1.82) is 0 Å². The lowest BCUT2D eigenvalue weighted by Gasteiger charge is -2.55. The molecular formula is C24H33N3O4. The van der Waals surface area contributed by atoms with Gasteiger partial charge in [0, 0.05) is 30.6 Å². The van der Waals surface area contributed by atoms with Crippen LogP contribution in [-0.2, 0) is 14.4 Å². The maximum atomic E-state index is 12.9. The van der Waals surface area contributed by atoms with Crippen molar-refractivity contribution in [2.24, 2.45) is 23.2 Å². The van der Waals surface area contributed by atoms with Crippen LogP contribution in [0.25, 0.3) is 0 Å². The van der Waals surface area contributed by atoms with Gasteiger partial charge in [-0.05, 0) is 87.5 Å². The Kier molecular flexibility index (Phi) is 6.49. The molecule has 3 N–H and O–H groups in total. The van der Waals surface area contributed by atoms with Crippen molar-refractivity contribution in [2.75, 3.05) is 25.0 Å². The lowest BCUT2D eigenvalue weighted by molar-refractivity contribution is -0.146. The number of anilines is 1. The molecule has 3 amide bonds. The van der Waals surface area contributed by atoms with Gasteiger partial charge in [0.2, 0.25) is 11.8 Å². The van der Waals surface area contributed by atoms with E-state index in [-0.39, 0.29) is 36.2 Å². The average Bonchev–Trinajstić information content (AvgIpc) is 2.72. The number of benzene rings is 1. The van der Waals surface area contributed by atoms with Gasteiger partial charge in [0.15, 0.2) is 6.61 Å². The van der Waals surface area contributed by atoms with Crippen molar-refractivity contribution < 1.29 is 19.1 Å². The molecule has 4 saturated carbocycles. The Morgan fingerprint density at radius 3 is 2.13 bits per heavy atom. The summed E-state index contributed by atoms with van der Waals surface area (Å²) in [5.41, 5.74) is 0.484. The van der Waals surface area contributed by atoms with E-state index in [1.54, 1.807) is 24.3 Å². The number of carbonyl (C=O) groups is 3. The summed E-state index contributed by atoms with van der Waals surface area (Å²) in [7, 11) is 0. The average molecular weight is 428 g/mol. The Balaban J connectivity index is 1.18. The molecule has 4 fully saturated rings. The van der Waals surface area contributed by atoms with E-state index in [1.165, 1.54) is 19.3 Å². The molecule has 1 aromatic rings. The molecule has 4 bridgehead atoms. The molecular weight excluding hydrogens is 394 g/mol. The Labute approximate surface area is 183 Å². The third kappa shape index (κ3) is 5.20. The highest BCUT2D eigenvalue weighted by Gasteiger charge is 2.54. The van der Waals surface area contributed by atoms with Crippen LogP contribution in [0.1, 0.15) is 51.9 Å². The van der Waals surface area contributed by atoms with Gasteiger partial charge in [-0.1, -0.05) is 0 Å². The summed E-state index contributed by atoms with van der Waals surface area (Å²) in [5, 5.41) is 8.55. The van der Waals surface area contributed by atoms with E-state index >= 15 is 0 Å². The first kappa shape index (κ1) is 21.7. The van der Waals surface area contributed by atoms with Gasteiger partial charge in [-0.15, -0.1) is 0 Å². The third-order valence-corrected chi connectivity index (χ3v) is 7.04. The number of amides is 3. The predicted molar refractivity (Wildman–Crippen MR) is 117 cm³/mol. The second-order valence-electron chi connectivity index (χ2n) is 9.52. The maximum absolute atomic E-state index is 12.9. The molecule has 0 atom stereocenters. The van der Waals surface area contributed by atoms with E-state index in [9.17, 15) is 14.4 Å². The van der Waals surface area contributed by atoms with Gasteiger partial charge in [-0.25, -0.2) is 0 Å². The Morgan fingerprint density at radius 2 is 1.55 bits per heavy atom. The number of hydrogen-bond donors (Lipinski definition) is 3. The highest BCUT2D eigenvalue weighted by atomic mass is 16.5. The molecule has 0 aliphatic heterocycles. The number of nitrogens with one attached hydrogen (secondary N) is 3. The van der Waals surface area contributed by atoms with Gasteiger partial charge in [0.1, 0.15) is 5.75 Å². The van der Waals surface area contributed by atoms with Gasteiger partial charge >= 0.3 is 0 Å². The second-order valence-corrected chi connectivity index (χ2v) is 9.52. The largest absolute Gasteiger partial charge is 0.484 e. The van der Waals surface area contributed by atoms with Crippen molar-refractivity contribution in [1.82, 2.24) is 10.6 Å². The second kappa shape index (κ2) is 9.28. The highest BCUT2D eigenvalue weighted by molar-refractivity contribution is 5.91. The summed E-state index contributed by atoms with van der Waals surface area (Å²) in [6.07, 6.45) is 7.27. The summed E-state index contributed by atoms with van der Waals surface area (Å²) in [6, 6.07) is 6.89. The fraction of sp³-hybridized carbons (Fsp3) is 0.625. The predicted octanol–water partition coefficient (Wildman–Crippen LogP) is 2.86. The Morgan fingerprint density at radius 1 is 0.935 bits per heavy atom. The Bertz CT molecular complexity index is 785. The first-order chi connectivity index (χ1) is 15.0. The van der Waals surface area contributed by atoms with Crippen LogP contribution in [0.3, 0.4) is 0 Å². The van der Waals surface area contributed by atoms with E-state index in [0.29, 0.717) is 24.5 Å². The van der Waals surface area contributed by atoms with E-state index in [4.69, 9.17) is 4.74 Å². The van der Waals surface area contributed by atoms with Crippen molar-refractivity contribution >= 4 is 23.4 Å². The fourth-order valence-electron chi connectivity index (χ4n) is 6.12. The summed E-state index contributed by atoms with van der Waals surface area (Å²) < 4.78 is 5.40. The van der Waals surface area contributed by atoms with Crippen molar-refractivity contribution in [3.05, 3.63) is 24.3 Å². The van der Waals surface area contributed by atoms with Gasteiger partial charge in [0.25, 0.3) is 5.91 Å². The van der Waals surface area contributed by atoms with Crippen molar-refractivity contribution in [3.63, 3.8) is 0 Å². The lowest BCUT2D eigenvalue weighted by atomic mass is 9.49. The molecule has 0 aromatic heterocycles. The van der Waals surface area contributed by atoms with Crippen LogP contribution < -0.4 is 20.7 Å². The molecule has 0 unspecified atom stereocenters. The maximum Gasteiger partial charge on any atom is 0.257 e. The molecule has 0 saturated heterocycles. The minimum atomic E-state index is -0.172. The monoisotopic (exact) mass is 427 g/mol. The smallest absolute Gasteiger partial charge is 0.257 e. The van der Waals surface area contributed by atoms with E-state index in [1.807, 2.05) is 6.92 Å². The molecule has 0 radical (unpaired) electrons. The van der Waals surface area contributed by atoms with Crippen LogP contribution >= 0.6 is 0 Å². The normalized spacial score (nSPS) is 28.1. The van der Waals surface area contributed by atoms with Crippen LogP contribution in [0, 0.1) is 23.2 Å². The molecule has 7 heteroatoms. The topological polar surface area (TPSA) is 96.5 Å². The molecule has 5 rings (SSSR count). The molecule has 7 nitrogen and oxygen atoms in total. The van der Waals surface area contributed by atoms with Crippen LogP contribution in [0.2, 0.25) is 0 Å². The third-order valence-electron chi connectivity index (χ3n) is 7.04. The summed E-state index contributed by atoms with van der Waals surface area (Å²) in [6.45, 7) is 2.74. The summed E-state index contributed by atoms with van der Waals surface area (Å²) in [4.78, 5) is 36.6. The van der Waals surface area contributed by atoms with Crippen LogP contribution in [0.4, 0.5) is 5.69 Å². The standard InChI is InChI=1S/C24H33N3O4/c1-2-25-22(29)15-31-20-5-3-19(4-6-20)27-21(28)7-8-26-23(30)24-12-16-9-17(13-24)11-18(10-16)14-24/h3-6,16-18H,2,7-15H2,1H3,(H,25,29)(H,26,30)(H,27,28). The zero-order valence-corrected chi connectivity index (χ0v) is 18.2. The first-order valence-corrected chi connectivity index (χ1v) is 11.5. The molecule has 4 aliphatic rings. The van der Waals surface area contributed by atoms with Crippen molar-refractivity contribution in [3.8, 4) is 5.75 Å². The van der Waals surface area contributed by atoms with Crippen molar-refractivity contribution in [2.45, 2.75) is 51.9 Å². The summed E-state index contributed by atoms with van der Waals surface area (Å²) in [5.74, 6) is 2.60. The van der Waals surface area contributed by atoms with Crippen LogP contribution in [-0.4, -0.2) is 37.4 Å².